The Labute approximate surface area is 202 Å². The van der Waals surface area contributed by atoms with Crippen LogP contribution in [0.3, 0.4) is 0 Å². The quantitative estimate of drug-likeness (QED) is 0.300. The molecule has 0 aliphatic rings. The first kappa shape index (κ1) is 21.8. The van der Waals surface area contributed by atoms with Gasteiger partial charge in [0.2, 0.25) is 0 Å². The van der Waals surface area contributed by atoms with Gasteiger partial charge >= 0.3 is 0 Å². The van der Waals surface area contributed by atoms with Gasteiger partial charge in [0.05, 0.1) is 5.69 Å². The number of para-hydroxylation sites is 1. The van der Waals surface area contributed by atoms with E-state index >= 15 is 0 Å². The van der Waals surface area contributed by atoms with E-state index in [1.807, 2.05) is 0 Å². The van der Waals surface area contributed by atoms with Crippen LogP contribution in [-0.4, -0.2) is 33.2 Å². The van der Waals surface area contributed by atoms with Crippen molar-refractivity contribution >= 4 is 22.3 Å². The van der Waals surface area contributed by atoms with Gasteiger partial charge in [0, 0.05) is 56.4 Å². The molecule has 0 saturated carbocycles. The summed E-state index contributed by atoms with van der Waals surface area (Å²) in [5.41, 5.74) is 9.83. The van der Waals surface area contributed by atoms with Gasteiger partial charge in [-0.15, -0.1) is 0 Å². The molecule has 0 fully saturated rings. The highest BCUT2D eigenvalue weighted by Crippen LogP contribution is 2.42. The number of nitrogens with one attached hydrogen (secondary N) is 1. The molecule has 0 unspecified atom stereocenters. The number of fused-ring (bicyclic) bond motifs is 1. The molecule has 0 amide bonds. The van der Waals surface area contributed by atoms with Crippen LogP contribution in [0.25, 0.3) is 22.2 Å². The third-order valence-electron chi connectivity index (χ3n) is 6.58. The number of anilines is 2. The molecule has 0 radical (unpaired) electrons. The number of aromatic nitrogens is 1. The SMILES string of the molecule is CN(C)c1ccc(C(c2ccc(N(C)C)cc2)c2c(-c3ccccc3)[nH]c3ccccc23)cc1. The molecule has 3 heteroatoms. The smallest absolute Gasteiger partial charge is 0.0507 e. The minimum Gasteiger partial charge on any atom is -0.378 e. The normalized spacial score (nSPS) is 11.2. The van der Waals surface area contributed by atoms with Crippen LogP contribution in [0.15, 0.2) is 103 Å². The minimum atomic E-state index is 0.0961. The molecule has 0 saturated heterocycles. The molecular weight excluding hydrogens is 414 g/mol. The maximum Gasteiger partial charge on any atom is 0.0507 e. The van der Waals surface area contributed by atoms with Crippen LogP contribution >= 0.6 is 0 Å². The van der Waals surface area contributed by atoms with E-state index in [0.717, 1.165) is 5.52 Å². The first-order valence-corrected chi connectivity index (χ1v) is 11.7. The van der Waals surface area contributed by atoms with E-state index in [1.54, 1.807) is 0 Å². The summed E-state index contributed by atoms with van der Waals surface area (Å²) in [7, 11) is 8.33. The van der Waals surface area contributed by atoms with Crippen LogP contribution in [0, 0.1) is 0 Å². The lowest BCUT2D eigenvalue weighted by molar-refractivity contribution is 0.985. The molecule has 1 N–H and O–H groups in total. The molecule has 3 nitrogen and oxygen atoms in total. The first-order valence-electron chi connectivity index (χ1n) is 11.7. The average molecular weight is 446 g/mol. The molecule has 170 valence electrons. The van der Waals surface area contributed by atoms with Gasteiger partial charge < -0.3 is 14.8 Å². The predicted octanol–water partition coefficient (Wildman–Crippen LogP) is 7.15. The van der Waals surface area contributed by atoms with E-state index in [9.17, 15) is 0 Å². The molecular formula is C31H31N3. The monoisotopic (exact) mass is 445 g/mol. The Morgan fingerprint density at radius 1 is 0.559 bits per heavy atom. The highest BCUT2D eigenvalue weighted by molar-refractivity contribution is 5.92. The van der Waals surface area contributed by atoms with Crippen molar-refractivity contribution in [2.75, 3.05) is 38.0 Å². The Kier molecular flexibility index (Phi) is 5.85. The van der Waals surface area contributed by atoms with Gasteiger partial charge in [0.25, 0.3) is 0 Å². The van der Waals surface area contributed by atoms with Crippen LogP contribution < -0.4 is 9.80 Å². The maximum absolute atomic E-state index is 3.74. The summed E-state index contributed by atoms with van der Waals surface area (Å²) in [6.07, 6.45) is 0. The molecule has 1 heterocycles. The van der Waals surface area contributed by atoms with Gasteiger partial charge in [-0.1, -0.05) is 72.8 Å². The Morgan fingerprint density at radius 3 is 1.59 bits per heavy atom. The third kappa shape index (κ3) is 4.06. The lowest BCUT2D eigenvalue weighted by Gasteiger charge is -2.22. The Bertz CT molecular complexity index is 1330. The zero-order chi connectivity index (χ0) is 23.7. The molecule has 0 aliphatic heterocycles. The van der Waals surface area contributed by atoms with Crippen molar-refractivity contribution in [2.45, 2.75) is 5.92 Å². The van der Waals surface area contributed by atoms with Crippen molar-refractivity contribution in [3.05, 3.63) is 120 Å². The summed E-state index contributed by atoms with van der Waals surface area (Å²) in [5, 5.41) is 1.26. The molecule has 34 heavy (non-hydrogen) atoms. The number of hydrogen-bond donors (Lipinski definition) is 1. The largest absolute Gasteiger partial charge is 0.378 e. The highest BCUT2D eigenvalue weighted by atomic mass is 15.1. The second-order valence-electron chi connectivity index (χ2n) is 9.23. The molecule has 5 aromatic rings. The van der Waals surface area contributed by atoms with Crippen LogP contribution in [0.1, 0.15) is 22.6 Å². The van der Waals surface area contributed by atoms with Crippen LogP contribution in [-0.2, 0) is 0 Å². The number of aromatic amines is 1. The predicted molar refractivity (Wildman–Crippen MR) is 146 cm³/mol. The molecule has 0 atom stereocenters. The van der Waals surface area contributed by atoms with Gasteiger partial charge in [0.15, 0.2) is 0 Å². The Morgan fingerprint density at radius 2 is 1.06 bits per heavy atom. The highest BCUT2D eigenvalue weighted by Gasteiger charge is 2.25. The first-order chi connectivity index (χ1) is 16.5. The van der Waals surface area contributed by atoms with E-state index < -0.39 is 0 Å². The van der Waals surface area contributed by atoms with Gasteiger partial charge in [-0.05, 0) is 52.6 Å². The van der Waals surface area contributed by atoms with Crippen molar-refractivity contribution in [2.24, 2.45) is 0 Å². The third-order valence-corrected chi connectivity index (χ3v) is 6.58. The van der Waals surface area contributed by atoms with E-state index in [4.69, 9.17) is 0 Å². The van der Waals surface area contributed by atoms with Gasteiger partial charge in [0.1, 0.15) is 0 Å². The fourth-order valence-electron chi connectivity index (χ4n) is 4.75. The summed E-state index contributed by atoms with van der Waals surface area (Å²) in [6.45, 7) is 0. The van der Waals surface area contributed by atoms with Gasteiger partial charge in [-0.3, -0.25) is 0 Å². The molecule has 5 rings (SSSR count). The summed E-state index contributed by atoms with van der Waals surface area (Å²) in [6, 6.07) is 37.3. The van der Waals surface area contributed by atoms with E-state index in [1.165, 1.54) is 44.7 Å². The summed E-state index contributed by atoms with van der Waals surface area (Å²) < 4.78 is 0. The second-order valence-corrected chi connectivity index (χ2v) is 9.23. The zero-order valence-corrected chi connectivity index (χ0v) is 20.3. The number of nitrogens with zero attached hydrogens (tertiary/aromatic N) is 2. The molecule has 0 aliphatic carbocycles. The van der Waals surface area contributed by atoms with Crippen molar-refractivity contribution < 1.29 is 0 Å². The fraction of sp³-hybridized carbons (Fsp3) is 0.161. The standard InChI is InChI=1S/C31H31N3/c1-33(2)25-18-14-22(15-19-25)29(23-16-20-26(21-17-23)34(3)4)30-27-12-8-9-13-28(27)32-31(30)24-10-6-5-7-11-24/h5-21,29,32H,1-4H3. The minimum absolute atomic E-state index is 0.0961. The van der Waals surface area contributed by atoms with Gasteiger partial charge in [-0.2, -0.15) is 0 Å². The number of benzene rings is 4. The summed E-state index contributed by atoms with van der Waals surface area (Å²) in [4.78, 5) is 8.03. The topological polar surface area (TPSA) is 22.3 Å². The van der Waals surface area contributed by atoms with Crippen molar-refractivity contribution in [3.63, 3.8) is 0 Å². The lowest BCUT2D eigenvalue weighted by atomic mass is 9.82. The van der Waals surface area contributed by atoms with E-state index in [-0.39, 0.29) is 5.92 Å². The van der Waals surface area contributed by atoms with E-state index in [0.29, 0.717) is 0 Å². The molecule has 0 spiro atoms. The zero-order valence-electron chi connectivity index (χ0n) is 20.3. The van der Waals surface area contributed by atoms with Crippen LogP contribution in [0.4, 0.5) is 11.4 Å². The van der Waals surface area contributed by atoms with Crippen molar-refractivity contribution in [3.8, 4) is 11.3 Å². The number of H-pyrrole nitrogens is 1. The number of hydrogen-bond acceptors (Lipinski definition) is 2. The molecule has 1 aromatic heterocycles. The summed E-state index contributed by atoms with van der Waals surface area (Å²) in [5.74, 6) is 0.0961. The van der Waals surface area contributed by atoms with E-state index in [2.05, 4.69) is 146 Å². The number of rotatable bonds is 6. The van der Waals surface area contributed by atoms with Crippen molar-refractivity contribution in [1.82, 2.24) is 4.98 Å². The molecule has 0 bridgehead atoms. The second kappa shape index (κ2) is 9.11. The lowest BCUT2D eigenvalue weighted by Crippen LogP contribution is -2.10. The van der Waals surface area contributed by atoms with Crippen molar-refractivity contribution in [1.29, 1.82) is 0 Å². The van der Waals surface area contributed by atoms with Crippen LogP contribution in [0.5, 0.6) is 0 Å². The summed E-state index contributed by atoms with van der Waals surface area (Å²) >= 11 is 0. The van der Waals surface area contributed by atoms with Gasteiger partial charge in [-0.25, -0.2) is 0 Å². The Hall–Kier alpha value is -3.98. The maximum atomic E-state index is 3.74. The van der Waals surface area contributed by atoms with Crippen LogP contribution in [0.2, 0.25) is 0 Å². The fourth-order valence-corrected chi connectivity index (χ4v) is 4.75. The average Bonchev–Trinajstić information content (AvgIpc) is 3.25. The Balaban J connectivity index is 1.77. The molecule has 4 aromatic carbocycles.